The van der Waals surface area contributed by atoms with Gasteiger partial charge < -0.3 is 14.9 Å². The van der Waals surface area contributed by atoms with Crippen molar-refractivity contribution < 1.29 is 4.79 Å². The van der Waals surface area contributed by atoms with Gasteiger partial charge in [-0.15, -0.1) is 0 Å². The number of benzene rings is 1. The van der Waals surface area contributed by atoms with E-state index < -0.39 is 0 Å². The van der Waals surface area contributed by atoms with Gasteiger partial charge in [0.25, 0.3) is 5.56 Å². The molecule has 3 N–H and O–H groups in total. The van der Waals surface area contributed by atoms with Crippen LogP contribution in [0.2, 0.25) is 0 Å². The molecule has 0 unspecified atom stereocenters. The third-order valence-electron chi connectivity index (χ3n) is 5.28. The predicted molar refractivity (Wildman–Crippen MR) is 129 cm³/mol. The molecule has 4 aromatic heterocycles. The first-order valence-corrected chi connectivity index (χ1v) is 10.8. The number of H-pyrrole nitrogens is 1. The minimum atomic E-state index is -0.348. The zero-order chi connectivity index (χ0) is 23.5. The number of imidazole rings is 1. The summed E-state index contributed by atoms with van der Waals surface area (Å²) < 4.78 is 3.32. The molecule has 0 radical (unpaired) electrons. The van der Waals surface area contributed by atoms with E-state index in [4.69, 9.17) is 0 Å². The van der Waals surface area contributed by atoms with E-state index in [9.17, 15) is 9.59 Å². The van der Waals surface area contributed by atoms with E-state index in [1.807, 2.05) is 55.6 Å². The molecule has 34 heavy (non-hydrogen) atoms. The Kier molecular flexibility index (Phi) is 5.61. The summed E-state index contributed by atoms with van der Waals surface area (Å²) in [5.74, 6) is 0.317. The van der Waals surface area contributed by atoms with Crippen LogP contribution in [0.3, 0.4) is 0 Å². The summed E-state index contributed by atoms with van der Waals surface area (Å²) in [7, 11) is 0. The number of fused-ring (bicyclic) bond motifs is 1. The summed E-state index contributed by atoms with van der Waals surface area (Å²) in [6, 6.07) is 14.4. The Morgan fingerprint density at radius 1 is 1.06 bits per heavy atom. The van der Waals surface area contributed by atoms with E-state index in [1.54, 1.807) is 33.9 Å². The fourth-order valence-electron chi connectivity index (χ4n) is 3.71. The molecule has 10 heteroatoms. The molecule has 0 spiro atoms. The molecule has 0 aliphatic heterocycles. The van der Waals surface area contributed by atoms with E-state index in [1.165, 1.54) is 0 Å². The maximum absolute atomic E-state index is 12.8. The number of nitrogens with one attached hydrogen (secondary N) is 3. The van der Waals surface area contributed by atoms with Crippen molar-refractivity contribution in [2.75, 3.05) is 11.9 Å². The van der Waals surface area contributed by atoms with Gasteiger partial charge in [0.2, 0.25) is 5.95 Å². The minimum absolute atomic E-state index is 0.135. The number of aromatic amines is 1. The van der Waals surface area contributed by atoms with Crippen molar-refractivity contribution >= 4 is 23.0 Å². The van der Waals surface area contributed by atoms with Gasteiger partial charge in [0.05, 0.1) is 29.0 Å². The van der Waals surface area contributed by atoms with Crippen molar-refractivity contribution in [2.24, 2.45) is 0 Å². The van der Waals surface area contributed by atoms with E-state index in [-0.39, 0.29) is 11.6 Å². The summed E-state index contributed by atoms with van der Waals surface area (Å²) in [4.78, 5) is 36.7. The molecule has 5 rings (SSSR count). The number of anilines is 1. The van der Waals surface area contributed by atoms with Crippen molar-refractivity contribution in [3.63, 3.8) is 0 Å². The Balaban J connectivity index is 1.55. The molecule has 0 atom stereocenters. The fourth-order valence-corrected chi connectivity index (χ4v) is 3.71. The number of amides is 2. The van der Waals surface area contributed by atoms with Crippen molar-refractivity contribution in [2.45, 2.75) is 13.5 Å². The first kappa shape index (κ1) is 21.1. The lowest BCUT2D eigenvalue weighted by atomic mass is 10.1. The first-order valence-electron chi connectivity index (χ1n) is 10.8. The molecule has 0 fully saturated rings. The number of hydrogen-bond donors (Lipinski definition) is 3. The Morgan fingerprint density at radius 3 is 2.71 bits per heavy atom. The van der Waals surface area contributed by atoms with Gasteiger partial charge in [0.15, 0.2) is 0 Å². The van der Waals surface area contributed by atoms with Crippen molar-refractivity contribution in [3.8, 4) is 16.8 Å². The molecule has 4 heterocycles. The van der Waals surface area contributed by atoms with Crippen LogP contribution >= 0.6 is 0 Å². The van der Waals surface area contributed by atoms with Gasteiger partial charge in [0, 0.05) is 37.4 Å². The lowest BCUT2D eigenvalue weighted by Crippen LogP contribution is -2.28. The summed E-state index contributed by atoms with van der Waals surface area (Å²) in [6.45, 7) is 2.73. The van der Waals surface area contributed by atoms with Crippen LogP contribution < -0.4 is 16.2 Å². The molecule has 0 saturated carbocycles. The number of pyridine rings is 2. The number of rotatable bonds is 6. The van der Waals surface area contributed by atoms with Crippen LogP contribution in [0.1, 0.15) is 12.6 Å². The van der Waals surface area contributed by atoms with Gasteiger partial charge >= 0.3 is 6.03 Å². The Morgan fingerprint density at radius 2 is 1.97 bits per heavy atom. The molecule has 170 valence electrons. The maximum Gasteiger partial charge on any atom is 0.321 e. The maximum atomic E-state index is 12.8. The highest BCUT2D eigenvalue weighted by Gasteiger charge is 2.14. The average molecular weight is 454 g/mol. The zero-order valence-electron chi connectivity index (χ0n) is 18.4. The van der Waals surface area contributed by atoms with E-state index in [0.29, 0.717) is 30.1 Å². The second-order valence-electron chi connectivity index (χ2n) is 7.61. The lowest BCUT2D eigenvalue weighted by molar-refractivity contribution is 0.252. The number of carbonyl (C=O) groups excluding carboxylic acids is 1. The SMILES string of the molecule is CCNC(=O)Nc1nc2cc(-c3ccn(Cc4ccccn4)c(=O)c3)cc(-n3cccn3)c2[nH]1. The van der Waals surface area contributed by atoms with Crippen LogP contribution in [0.5, 0.6) is 0 Å². The van der Waals surface area contributed by atoms with Crippen LogP contribution in [0.15, 0.2) is 78.1 Å². The van der Waals surface area contributed by atoms with Crippen LogP contribution in [0, 0.1) is 0 Å². The normalized spacial score (nSPS) is 11.0. The van der Waals surface area contributed by atoms with Crippen molar-refractivity contribution in [3.05, 3.63) is 89.4 Å². The topological polar surface area (TPSA) is 123 Å². The molecule has 0 bridgehead atoms. The zero-order valence-corrected chi connectivity index (χ0v) is 18.4. The number of aromatic nitrogens is 6. The Hall–Kier alpha value is -4.73. The molecule has 5 aromatic rings. The highest BCUT2D eigenvalue weighted by atomic mass is 16.2. The van der Waals surface area contributed by atoms with Gasteiger partial charge in [-0.25, -0.2) is 14.5 Å². The van der Waals surface area contributed by atoms with Gasteiger partial charge in [-0.05, 0) is 54.4 Å². The van der Waals surface area contributed by atoms with E-state index in [2.05, 4.69) is 30.7 Å². The second kappa shape index (κ2) is 9.02. The van der Waals surface area contributed by atoms with Crippen LogP contribution in [0.25, 0.3) is 27.8 Å². The molecular formula is C24H22N8O2. The fraction of sp³-hybridized carbons (Fsp3) is 0.125. The van der Waals surface area contributed by atoms with Crippen LogP contribution in [-0.4, -0.2) is 41.9 Å². The number of urea groups is 1. The number of carbonyl (C=O) groups is 1. The van der Waals surface area contributed by atoms with Gasteiger partial charge in [-0.2, -0.15) is 5.10 Å². The third-order valence-corrected chi connectivity index (χ3v) is 5.28. The smallest absolute Gasteiger partial charge is 0.321 e. The molecule has 0 saturated heterocycles. The number of hydrogen-bond acceptors (Lipinski definition) is 5. The van der Waals surface area contributed by atoms with Crippen LogP contribution in [-0.2, 0) is 6.54 Å². The molecule has 2 amide bonds. The molecule has 10 nitrogen and oxygen atoms in total. The van der Waals surface area contributed by atoms with Gasteiger partial charge in [-0.1, -0.05) is 6.07 Å². The number of nitrogens with zero attached hydrogens (tertiary/aromatic N) is 5. The summed E-state index contributed by atoms with van der Waals surface area (Å²) in [5.41, 5.74) is 4.31. The highest BCUT2D eigenvalue weighted by Crippen LogP contribution is 2.29. The largest absolute Gasteiger partial charge is 0.338 e. The van der Waals surface area contributed by atoms with E-state index in [0.717, 1.165) is 22.5 Å². The summed E-state index contributed by atoms with van der Waals surface area (Å²) in [5, 5.41) is 9.72. The first-order chi connectivity index (χ1) is 16.6. The molecule has 1 aromatic carbocycles. The summed E-state index contributed by atoms with van der Waals surface area (Å²) >= 11 is 0. The van der Waals surface area contributed by atoms with Crippen LogP contribution in [0.4, 0.5) is 10.7 Å². The van der Waals surface area contributed by atoms with E-state index >= 15 is 0 Å². The Bertz CT molecular complexity index is 1500. The lowest BCUT2D eigenvalue weighted by Gasteiger charge is -2.09. The Labute approximate surface area is 194 Å². The summed E-state index contributed by atoms with van der Waals surface area (Å²) in [6.07, 6.45) is 6.97. The molecular weight excluding hydrogens is 432 g/mol. The third kappa shape index (κ3) is 4.29. The highest BCUT2D eigenvalue weighted by molar-refractivity contribution is 5.94. The standard InChI is InChI=1S/C24H22N8O2/c1-2-25-24(34)30-23-28-19-12-17(13-20(22(19)29-23)32-10-5-9-27-32)16-7-11-31(21(33)14-16)15-18-6-3-4-8-26-18/h3-14H,2,15H2,1H3,(H3,25,28,29,30,34). The van der Waals surface area contributed by atoms with Gasteiger partial charge in [0.1, 0.15) is 0 Å². The minimum Gasteiger partial charge on any atom is -0.338 e. The monoisotopic (exact) mass is 454 g/mol. The molecule has 0 aliphatic carbocycles. The quantitative estimate of drug-likeness (QED) is 0.364. The second-order valence-corrected chi connectivity index (χ2v) is 7.61. The average Bonchev–Trinajstić information content (AvgIpc) is 3.50. The van der Waals surface area contributed by atoms with Crippen molar-refractivity contribution in [1.82, 2.24) is 34.6 Å². The molecule has 0 aliphatic rings. The van der Waals surface area contributed by atoms with Crippen molar-refractivity contribution in [1.29, 1.82) is 0 Å². The predicted octanol–water partition coefficient (Wildman–Crippen LogP) is 3.16. The van der Waals surface area contributed by atoms with Gasteiger partial charge in [-0.3, -0.25) is 15.1 Å².